The van der Waals surface area contributed by atoms with Crippen molar-refractivity contribution in [3.05, 3.63) is 100 Å². The van der Waals surface area contributed by atoms with Crippen LogP contribution in [0.2, 0.25) is 0 Å². The van der Waals surface area contributed by atoms with E-state index in [0.717, 1.165) is 11.1 Å². The third kappa shape index (κ3) is 3.48. The molecule has 3 aromatic rings. The maximum Gasteiger partial charge on any atom is 0.338 e. The number of esters is 1. The van der Waals surface area contributed by atoms with Crippen LogP contribution in [0.5, 0.6) is 11.5 Å². The van der Waals surface area contributed by atoms with Crippen molar-refractivity contribution < 1.29 is 19.0 Å². The Kier molecular flexibility index (Phi) is 5.55. The predicted molar refractivity (Wildman–Crippen MR) is 122 cm³/mol. The SMILES string of the molecule is COC(=O)c1cc(OC)c(OC)c2c1C=CC(c1ccccc1)(c1ccc(C)cc1)C2. The Hall–Kier alpha value is -3.53. The maximum absolute atomic E-state index is 12.5. The van der Waals surface area contributed by atoms with Crippen LogP contribution < -0.4 is 9.47 Å². The van der Waals surface area contributed by atoms with Crippen molar-refractivity contribution in [3.8, 4) is 11.5 Å². The molecule has 1 aliphatic rings. The Morgan fingerprint density at radius 3 is 2.19 bits per heavy atom. The monoisotopic (exact) mass is 414 g/mol. The molecule has 0 fully saturated rings. The van der Waals surface area contributed by atoms with Gasteiger partial charge >= 0.3 is 5.97 Å². The first kappa shape index (κ1) is 20.7. The van der Waals surface area contributed by atoms with Gasteiger partial charge in [-0.2, -0.15) is 0 Å². The fraction of sp³-hybridized carbons (Fsp3) is 0.222. The Morgan fingerprint density at radius 1 is 0.903 bits per heavy atom. The third-order valence-electron chi connectivity index (χ3n) is 6.06. The van der Waals surface area contributed by atoms with Crippen molar-refractivity contribution in [1.82, 2.24) is 0 Å². The van der Waals surface area contributed by atoms with Crippen LogP contribution in [0.1, 0.15) is 38.2 Å². The minimum atomic E-state index is -0.408. The summed E-state index contributed by atoms with van der Waals surface area (Å²) >= 11 is 0. The molecule has 0 amide bonds. The molecule has 0 saturated heterocycles. The van der Waals surface area contributed by atoms with Gasteiger partial charge in [0.15, 0.2) is 11.5 Å². The molecule has 0 aromatic heterocycles. The maximum atomic E-state index is 12.5. The largest absolute Gasteiger partial charge is 0.493 e. The topological polar surface area (TPSA) is 44.8 Å². The van der Waals surface area contributed by atoms with E-state index in [9.17, 15) is 4.79 Å². The number of ether oxygens (including phenoxy) is 3. The standard InChI is InChI=1S/C27H26O4/c1-18-10-12-20(13-11-18)27(19-8-6-5-7-9-19)15-14-21-22(26(28)31-4)16-24(29-2)25(30-3)23(21)17-27/h5-16H,17H2,1-4H3. The highest BCUT2D eigenvalue weighted by molar-refractivity contribution is 5.96. The molecule has 1 unspecified atom stereocenters. The third-order valence-corrected chi connectivity index (χ3v) is 6.06. The minimum Gasteiger partial charge on any atom is -0.493 e. The molecule has 4 nitrogen and oxygen atoms in total. The highest BCUT2D eigenvalue weighted by Gasteiger charge is 2.38. The van der Waals surface area contributed by atoms with Crippen molar-refractivity contribution >= 4 is 12.0 Å². The number of rotatable bonds is 5. The normalized spacial score (nSPS) is 17.0. The zero-order chi connectivity index (χ0) is 22.0. The highest BCUT2D eigenvalue weighted by Crippen LogP contribution is 2.47. The molecule has 0 aliphatic heterocycles. The minimum absolute atomic E-state index is 0.399. The van der Waals surface area contributed by atoms with Crippen LogP contribution >= 0.6 is 0 Å². The summed E-state index contributed by atoms with van der Waals surface area (Å²) in [5.74, 6) is 0.758. The van der Waals surface area contributed by atoms with Crippen LogP contribution in [0.4, 0.5) is 0 Å². The van der Waals surface area contributed by atoms with Crippen LogP contribution in [0.25, 0.3) is 6.08 Å². The second kappa shape index (κ2) is 8.31. The van der Waals surface area contributed by atoms with Gasteiger partial charge in [0.2, 0.25) is 0 Å². The molecule has 0 heterocycles. The first-order valence-electron chi connectivity index (χ1n) is 10.2. The molecule has 1 atom stereocenters. The number of methoxy groups -OCH3 is 3. The van der Waals surface area contributed by atoms with Crippen LogP contribution in [0, 0.1) is 6.92 Å². The summed E-state index contributed by atoms with van der Waals surface area (Å²) in [6.07, 6.45) is 4.82. The fourth-order valence-corrected chi connectivity index (χ4v) is 4.44. The molecule has 0 N–H and O–H groups in total. The Balaban J connectivity index is 2.00. The Labute approximate surface area is 183 Å². The van der Waals surface area contributed by atoms with E-state index >= 15 is 0 Å². The van der Waals surface area contributed by atoms with Gasteiger partial charge in [-0.15, -0.1) is 0 Å². The van der Waals surface area contributed by atoms with Gasteiger partial charge in [-0.3, -0.25) is 0 Å². The van der Waals surface area contributed by atoms with Gasteiger partial charge in [0.1, 0.15) is 0 Å². The van der Waals surface area contributed by atoms with Gasteiger partial charge in [-0.25, -0.2) is 4.79 Å². The van der Waals surface area contributed by atoms with Crippen molar-refractivity contribution in [1.29, 1.82) is 0 Å². The zero-order valence-electron chi connectivity index (χ0n) is 18.3. The second-order valence-electron chi connectivity index (χ2n) is 7.76. The van der Waals surface area contributed by atoms with Gasteiger partial charge in [-0.1, -0.05) is 72.3 Å². The molecule has 158 valence electrons. The second-order valence-corrected chi connectivity index (χ2v) is 7.76. The molecule has 4 heteroatoms. The number of hydrogen-bond donors (Lipinski definition) is 0. The van der Waals surface area contributed by atoms with Gasteiger partial charge < -0.3 is 14.2 Å². The van der Waals surface area contributed by atoms with Crippen LogP contribution in [0.3, 0.4) is 0 Å². The molecular weight excluding hydrogens is 388 g/mol. The molecule has 3 aromatic carbocycles. The summed E-state index contributed by atoms with van der Waals surface area (Å²) in [4.78, 5) is 12.5. The van der Waals surface area contributed by atoms with Gasteiger partial charge in [-0.05, 0) is 36.1 Å². The lowest BCUT2D eigenvalue weighted by Gasteiger charge is -2.37. The number of hydrogen-bond acceptors (Lipinski definition) is 4. The zero-order valence-corrected chi connectivity index (χ0v) is 18.3. The molecule has 0 saturated carbocycles. The van der Waals surface area contributed by atoms with E-state index in [1.54, 1.807) is 20.3 Å². The number of fused-ring (bicyclic) bond motifs is 1. The summed E-state index contributed by atoms with van der Waals surface area (Å²) in [6, 6.07) is 20.7. The molecule has 0 bridgehead atoms. The van der Waals surface area contributed by atoms with Crippen LogP contribution in [0.15, 0.2) is 66.7 Å². The van der Waals surface area contributed by atoms with Crippen LogP contribution in [-0.4, -0.2) is 27.3 Å². The van der Waals surface area contributed by atoms with E-state index in [4.69, 9.17) is 14.2 Å². The molecule has 0 spiro atoms. The summed E-state index contributed by atoms with van der Waals surface area (Å²) in [5, 5.41) is 0. The molecule has 0 radical (unpaired) electrons. The van der Waals surface area contributed by atoms with Crippen molar-refractivity contribution in [2.75, 3.05) is 21.3 Å². The van der Waals surface area contributed by atoms with E-state index in [2.05, 4.69) is 61.5 Å². The first-order valence-corrected chi connectivity index (χ1v) is 10.2. The molecule has 1 aliphatic carbocycles. The van der Waals surface area contributed by atoms with E-state index < -0.39 is 11.4 Å². The van der Waals surface area contributed by atoms with Gasteiger partial charge in [0.25, 0.3) is 0 Å². The average molecular weight is 415 g/mol. The number of aryl methyl sites for hydroxylation is 1. The number of allylic oxidation sites excluding steroid dienone is 1. The molecular formula is C27H26O4. The predicted octanol–water partition coefficient (Wildman–Crippen LogP) is 5.35. The van der Waals surface area contributed by atoms with E-state index in [1.807, 2.05) is 12.1 Å². The average Bonchev–Trinajstić information content (AvgIpc) is 2.83. The quantitative estimate of drug-likeness (QED) is 0.528. The lowest BCUT2D eigenvalue weighted by Crippen LogP contribution is -2.31. The van der Waals surface area contributed by atoms with Gasteiger partial charge in [0, 0.05) is 11.0 Å². The lowest BCUT2D eigenvalue weighted by atomic mass is 9.66. The van der Waals surface area contributed by atoms with Crippen LogP contribution in [-0.2, 0) is 16.6 Å². The Morgan fingerprint density at radius 2 is 1.58 bits per heavy atom. The summed E-state index contributed by atoms with van der Waals surface area (Å²) in [6.45, 7) is 2.08. The number of carbonyl (C=O) groups excluding carboxylic acids is 1. The highest BCUT2D eigenvalue weighted by atomic mass is 16.5. The van der Waals surface area contributed by atoms with E-state index in [0.29, 0.717) is 23.5 Å². The summed E-state index contributed by atoms with van der Waals surface area (Å²) in [5.41, 5.74) is 5.35. The van der Waals surface area contributed by atoms with Crippen molar-refractivity contribution in [3.63, 3.8) is 0 Å². The smallest absolute Gasteiger partial charge is 0.338 e. The molecule has 31 heavy (non-hydrogen) atoms. The van der Waals surface area contributed by atoms with E-state index in [-0.39, 0.29) is 0 Å². The number of benzene rings is 3. The van der Waals surface area contributed by atoms with Gasteiger partial charge in [0.05, 0.1) is 26.9 Å². The van der Waals surface area contributed by atoms with Crippen molar-refractivity contribution in [2.45, 2.75) is 18.8 Å². The number of carbonyl (C=O) groups is 1. The lowest BCUT2D eigenvalue weighted by molar-refractivity contribution is 0.0599. The van der Waals surface area contributed by atoms with Crippen molar-refractivity contribution in [2.24, 2.45) is 0 Å². The summed E-state index contributed by atoms with van der Waals surface area (Å²) in [7, 11) is 4.59. The first-order chi connectivity index (χ1) is 15.0. The molecule has 4 rings (SSSR count). The Bertz CT molecular complexity index is 1130. The summed E-state index contributed by atoms with van der Waals surface area (Å²) < 4.78 is 16.4. The van der Waals surface area contributed by atoms with E-state index in [1.165, 1.54) is 23.8 Å². The fourth-order valence-electron chi connectivity index (χ4n) is 4.44.